The van der Waals surface area contributed by atoms with Crippen LogP contribution in [0, 0.1) is 17.6 Å². The molecule has 1 N–H and O–H groups in total. The Labute approximate surface area is 166 Å². The van der Waals surface area contributed by atoms with E-state index in [0.29, 0.717) is 29.8 Å². The van der Waals surface area contributed by atoms with E-state index in [0.717, 1.165) is 35.7 Å². The second-order valence-electron chi connectivity index (χ2n) is 7.56. The Morgan fingerprint density at radius 2 is 2.14 bits per heavy atom. The molecule has 2 aromatic carbocycles. The van der Waals surface area contributed by atoms with Gasteiger partial charge in [-0.2, -0.15) is 5.10 Å². The van der Waals surface area contributed by atoms with Gasteiger partial charge in [0, 0.05) is 24.1 Å². The van der Waals surface area contributed by atoms with Gasteiger partial charge in [0.2, 0.25) is 0 Å². The number of benzene rings is 2. The molecule has 5 nitrogen and oxygen atoms in total. The summed E-state index contributed by atoms with van der Waals surface area (Å²) < 4.78 is 34.4. The predicted molar refractivity (Wildman–Crippen MR) is 102 cm³/mol. The van der Waals surface area contributed by atoms with Gasteiger partial charge in [-0.15, -0.1) is 0 Å². The van der Waals surface area contributed by atoms with Gasteiger partial charge in [0.15, 0.2) is 11.5 Å². The number of amides is 1. The van der Waals surface area contributed by atoms with Crippen LogP contribution in [-0.4, -0.2) is 22.8 Å². The van der Waals surface area contributed by atoms with Crippen molar-refractivity contribution in [2.75, 3.05) is 7.11 Å². The Bertz CT molecular complexity index is 1130. The van der Waals surface area contributed by atoms with Crippen LogP contribution < -0.4 is 10.1 Å². The van der Waals surface area contributed by atoms with Gasteiger partial charge < -0.3 is 10.1 Å². The van der Waals surface area contributed by atoms with E-state index in [1.807, 2.05) is 24.3 Å². The number of hydrogen-bond acceptors (Lipinski definition) is 3. The van der Waals surface area contributed by atoms with Crippen molar-refractivity contribution in [2.24, 2.45) is 5.92 Å². The second-order valence-corrected chi connectivity index (χ2v) is 7.56. The molecule has 7 heteroatoms. The molecule has 1 amide bonds. The van der Waals surface area contributed by atoms with Crippen molar-refractivity contribution in [2.45, 2.75) is 25.3 Å². The van der Waals surface area contributed by atoms with Crippen LogP contribution in [0.15, 0.2) is 42.5 Å². The Balaban J connectivity index is 1.45. The minimum Gasteiger partial charge on any atom is -0.497 e. The molecule has 0 spiro atoms. The van der Waals surface area contributed by atoms with Crippen LogP contribution in [0.25, 0.3) is 5.69 Å². The van der Waals surface area contributed by atoms with Gasteiger partial charge >= 0.3 is 0 Å². The van der Waals surface area contributed by atoms with Gasteiger partial charge in [-0.05, 0) is 48.6 Å². The molecule has 29 heavy (non-hydrogen) atoms. The van der Waals surface area contributed by atoms with Gasteiger partial charge in [0.25, 0.3) is 5.91 Å². The van der Waals surface area contributed by atoms with Crippen molar-refractivity contribution >= 4 is 5.91 Å². The molecule has 1 aromatic heterocycles. The van der Waals surface area contributed by atoms with E-state index in [1.165, 1.54) is 16.8 Å². The second kappa shape index (κ2) is 6.69. The lowest BCUT2D eigenvalue weighted by atomic mass is 10.1. The molecule has 2 aliphatic rings. The number of carbonyl (C=O) groups is 1. The van der Waals surface area contributed by atoms with E-state index in [2.05, 4.69) is 10.4 Å². The molecular weight excluding hydrogens is 376 g/mol. The molecule has 0 radical (unpaired) electrons. The number of aromatic nitrogens is 2. The van der Waals surface area contributed by atoms with E-state index >= 15 is 0 Å². The highest BCUT2D eigenvalue weighted by Crippen LogP contribution is 2.57. The summed E-state index contributed by atoms with van der Waals surface area (Å²) in [4.78, 5) is 12.9. The summed E-state index contributed by atoms with van der Waals surface area (Å²) in [6.07, 6.45) is 1.79. The zero-order valence-electron chi connectivity index (χ0n) is 15.8. The summed E-state index contributed by atoms with van der Waals surface area (Å²) in [5.74, 6) is -0.136. The molecule has 0 aliphatic heterocycles. The molecule has 0 saturated heterocycles. The first-order valence-electron chi connectivity index (χ1n) is 9.53. The lowest BCUT2D eigenvalue weighted by Gasteiger charge is -2.07. The molecule has 1 saturated carbocycles. The monoisotopic (exact) mass is 395 g/mol. The normalized spacial score (nSPS) is 18.9. The molecule has 0 bridgehead atoms. The van der Waals surface area contributed by atoms with E-state index < -0.39 is 11.6 Å². The molecule has 1 heterocycles. The van der Waals surface area contributed by atoms with Crippen molar-refractivity contribution in [3.8, 4) is 11.4 Å². The minimum absolute atomic E-state index is 0.169. The van der Waals surface area contributed by atoms with Gasteiger partial charge in [-0.25, -0.2) is 13.5 Å². The van der Waals surface area contributed by atoms with E-state index in [9.17, 15) is 13.6 Å². The van der Waals surface area contributed by atoms with Crippen molar-refractivity contribution in [3.05, 3.63) is 76.6 Å². The summed E-state index contributed by atoms with van der Waals surface area (Å²) >= 11 is 0. The maximum absolute atomic E-state index is 14.4. The number of fused-ring (bicyclic) bond motifs is 3. The minimum atomic E-state index is -0.692. The number of hydrogen-bond donors (Lipinski definition) is 1. The topological polar surface area (TPSA) is 56.1 Å². The Kier molecular flexibility index (Phi) is 4.12. The average Bonchev–Trinajstić information content (AvgIpc) is 3.22. The average molecular weight is 395 g/mol. The first-order valence-corrected chi connectivity index (χ1v) is 9.53. The standard InChI is InChI=1S/C22H19F2N3O2/c1-29-15-4-2-3-12(7-15)11-25-22(28)20-17-9-13-8-16(13)21(17)27(26-20)19-6-5-14(23)10-18(19)24/h2-7,10,13,16H,8-9,11H2,1H3,(H,25,28)/t13-,16-/m1/s1. The maximum Gasteiger partial charge on any atom is 0.272 e. The summed E-state index contributed by atoms with van der Waals surface area (Å²) in [7, 11) is 1.59. The van der Waals surface area contributed by atoms with Crippen LogP contribution in [0.1, 0.15) is 39.6 Å². The SMILES string of the molecule is COc1cccc(CNC(=O)c2nn(-c3ccc(F)cc3F)c3c2C[C@H]2C[C@@H]32)c1. The van der Waals surface area contributed by atoms with E-state index in [-0.39, 0.29) is 11.6 Å². The van der Waals surface area contributed by atoms with Crippen LogP contribution in [-0.2, 0) is 13.0 Å². The van der Waals surface area contributed by atoms with Crippen LogP contribution in [0.2, 0.25) is 0 Å². The lowest BCUT2D eigenvalue weighted by Crippen LogP contribution is -2.24. The van der Waals surface area contributed by atoms with E-state index in [1.54, 1.807) is 7.11 Å². The van der Waals surface area contributed by atoms with Gasteiger partial charge in [-0.1, -0.05) is 12.1 Å². The van der Waals surface area contributed by atoms with Crippen molar-refractivity contribution in [1.29, 1.82) is 0 Å². The molecule has 0 unspecified atom stereocenters. The summed E-state index contributed by atoms with van der Waals surface area (Å²) in [6.45, 7) is 0.329. The van der Waals surface area contributed by atoms with Crippen LogP contribution in [0.4, 0.5) is 8.78 Å². The fourth-order valence-corrected chi connectivity index (χ4v) is 4.18. The number of rotatable bonds is 5. The van der Waals surface area contributed by atoms with Crippen molar-refractivity contribution < 1.29 is 18.3 Å². The van der Waals surface area contributed by atoms with E-state index in [4.69, 9.17) is 4.74 Å². The zero-order chi connectivity index (χ0) is 20.1. The summed E-state index contributed by atoms with van der Waals surface area (Å²) in [6, 6.07) is 10.9. The highest BCUT2D eigenvalue weighted by atomic mass is 19.1. The number of carbonyl (C=O) groups excluding carboxylic acids is 1. The van der Waals surface area contributed by atoms with Gasteiger partial charge in [0.05, 0.1) is 12.8 Å². The molecule has 3 aromatic rings. The number of halogens is 2. The van der Waals surface area contributed by atoms with Crippen molar-refractivity contribution in [3.63, 3.8) is 0 Å². The first-order chi connectivity index (χ1) is 14.0. The molecule has 2 aliphatic carbocycles. The third kappa shape index (κ3) is 3.06. The third-order valence-corrected chi connectivity index (χ3v) is 5.70. The Morgan fingerprint density at radius 3 is 2.93 bits per heavy atom. The van der Waals surface area contributed by atoms with Crippen LogP contribution in [0.3, 0.4) is 0 Å². The fourth-order valence-electron chi connectivity index (χ4n) is 4.18. The highest BCUT2D eigenvalue weighted by Gasteiger charge is 2.50. The maximum atomic E-state index is 14.4. The Hall–Kier alpha value is -3.22. The number of nitrogens with zero attached hydrogens (tertiary/aromatic N) is 2. The van der Waals surface area contributed by atoms with Crippen molar-refractivity contribution in [1.82, 2.24) is 15.1 Å². The molecule has 148 valence electrons. The first kappa shape index (κ1) is 17.8. The van der Waals surface area contributed by atoms with Crippen LogP contribution >= 0.6 is 0 Å². The summed E-state index contributed by atoms with van der Waals surface area (Å²) in [5.41, 5.74) is 3.15. The largest absolute Gasteiger partial charge is 0.497 e. The molecular formula is C22H19F2N3O2. The molecule has 5 rings (SSSR count). The predicted octanol–water partition coefficient (Wildman–Crippen LogP) is 3.75. The van der Waals surface area contributed by atoms with Crippen LogP contribution in [0.5, 0.6) is 5.75 Å². The quantitative estimate of drug-likeness (QED) is 0.716. The van der Waals surface area contributed by atoms with Gasteiger partial charge in [-0.3, -0.25) is 4.79 Å². The lowest BCUT2D eigenvalue weighted by molar-refractivity contribution is 0.0944. The smallest absolute Gasteiger partial charge is 0.272 e. The van der Waals surface area contributed by atoms with Gasteiger partial charge in [0.1, 0.15) is 17.3 Å². The number of nitrogens with one attached hydrogen (secondary N) is 1. The molecule has 1 fully saturated rings. The number of ether oxygens (including phenoxy) is 1. The highest BCUT2D eigenvalue weighted by molar-refractivity contribution is 5.94. The Morgan fingerprint density at radius 1 is 1.28 bits per heavy atom. The zero-order valence-corrected chi connectivity index (χ0v) is 15.8. The number of methoxy groups -OCH3 is 1. The summed E-state index contributed by atoms with van der Waals surface area (Å²) in [5, 5.41) is 7.32. The molecule has 2 atom stereocenters. The fraction of sp³-hybridized carbons (Fsp3) is 0.273. The third-order valence-electron chi connectivity index (χ3n) is 5.70.